The number of rotatable bonds is 6. The normalized spacial score (nSPS) is 14.9. The molecule has 13 heavy (non-hydrogen) atoms. The van der Waals surface area contributed by atoms with Gasteiger partial charge in [-0.15, -0.1) is 0 Å². The Morgan fingerprint density at radius 1 is 1.08 bits per heavy atom. The van der Waals surface area contributed by atoms with E-state index in [1.54, 1.807) is 0 Å². The molecule has 76 valence electrons. The largest absolute Gasteiger partial charge is 0.480 e. The molecule has 2 atom stereocenters. The third kappa shape index (κ3) is 5.78. The molecule has 0 radical (unpaired) electrons. The number of carboxylic acid groups (broad SMARTS) is 2. The van der Waals surface area contributed by atoms with Gasteiger partial charge >= 0.3 is 11.9 Å². The van der Waals surface area contributed by atoms with E-state index in [1.807, 2.05) is 0 Å². The van der Waals surface area contributed by atoms with Gasteiger partial charge in [0.2, 0.25) is 0 Å². The molecular formula is C6H10O5S2. The fourth-order valence-electron chi connectivity index (χ4n) is 0.223. The molecule has 0 saturated carbocycles. The first kappa shape index (κ1) is 12.6. The topological polar surface area (TPSA) is 83.8 Å². The lowest BCUT2D eigenvalue weighted by Crippen LogP contribution is -2.13. The van der Waals surface area contributed by atoms with E-state index < -0.39 is 22.4 Å². The molecule has 0 bridgehead atoms. The van der Waals surface area contributed by atoms with Gasteiger partial charge in [-0.2, -0.15) is 0 Å². The van der Waals surface area contributed by atoms with Crippen molar-refractivity contribution in [1.82, 2.24) is 0 Å². The van der Waals surface area contributed by atoms with Crippen LogP contribution >= 0.6 is 24.1 Å². The molecule has 0 fully saturated rings. The van der Waals surface area contributed by atoms with Crippen LogP contribution in [0.1, 0.15) is 13.8 Å². The highest BCUT2D eigenvalue weighted by molar-refractivity contribution is 8.09. The van der Waals surface area contributed by atoms with Crippen LogP contribution in [-0.2, 0) is 13.2 Å². The van der Waals surface area contributed by atoms with Crippen molar-refractivity contribution in [2.24, 2.45) is 0 Å². The molecule has 0 aromatic carbocycles. The molecule has 0 aliphatic carbocycles. The van der Waals surface area contributed by atoms with Crippen LogP contribution in [0.15, 0.2) is 0 Å². The standard InChI is InChI=1S/C6H10O5S2/c1-3(5(7)8)12-11-13-4(2)6(9)10/h3-4H,1-2H3,(H,7,8)(H,9,10). The Morgan fingerprint density at radius 3 is 1.62 bits per heavy atom. The molecule has 0 aliphatic rings. The number of hydrogen-bond acceptors (Lipinski definition) is 5. The second-order valence-corrected chi connectivity index (χ2v) is 4.56. The van der Waals surface area contributed by atoms with Crippen molar-refractivity contribution in [3.05, 3.63) is 0 Å². The van der Waals surface area contributed by atoms with Crippen molar-refractivity contribution in [3.8, 4) is 0 Å². The predicted octanol–water partition coefficient (Wildman–Crippen LogP) is 1.25. The second-order valence-electron chi connectivity index (χ2n) is 2.22. The van der Waals surface area contributed by atoms with E-state index in [-0.39, 0.29) is 0 Å². The lowest BCUT2D eigenvalue weighted by Gasteiger charge is -2.06. The average Bonchev–Trinajstić information content (AvgIpc) is 2.03. The number of carbonyl (C=O) groups is 2. The second kappa shape index (κ2) is 6.11. The average molecular weight is 226 g/mol. The lowest BCUT2D eigenvalue weighted by atomic mass is 10.5. The van der Waals surface area contributed by atoms with Crippen molar-refractivity contribution in [3.63, 3.8) is 0 Å². The minimum absolute atomic E-state index is 0.700. The maximum atomic E-state index is 10.3. The molecule has 0 heterocycles. The first-order valence-corrected chi connectivity index (χ1v) is 5.00. The summed E-state index contributed by atoms with van der Waals surface area (Å²) in [4.78, 5) is 20.6. The molecule has 0 aliphatic heterocycles. The molecule has 2 N–H and O–H groups in total. The minimum atomic E-state index is -0.992. The van der Waals surface area contributed by atoms with E-state index in [4.69, 9.17) is 13.8 Å². The van der Waals surface area contributed by atoms with E-state index >= 15 is 0 Å². The summed E-state index contributed by atoms with van der Waals surface area (Å²) in [5.74, 6) is -1.98. The first-order chi connectivity index (χ1) is 5.95. The molecule has 7 heteroatoms. The smallest absolute Gasteiger partial charge is 0.318 e. The Morgan fingerprint density at radius 2 is 1.38 bits per heavy atom. The van der Waals surface area contributed by atoms with Crippen molar-refractivity contribution in [2.75, 3.05) is 0 Å². The Kier molecular flexibility index (Phi) is 5.93. The molecule has 0 aromatic rings. The summed E-state index contributed by atoms with van der Waals surface area (Å²) >= 11 is 1.46. The first-order valence-electron chi connectivity index (χ1n) is 3.39. The molecule has 0 aromatic heterocycles. The quantitative estimate of drug-likeness (QED) is 0.659. The van der Waals surface area contributed by atoms with Gasteiger partial charge in [0.15, 0.2) is 0 Å². The summed E-state index contributed by atoms with van der Waals surface area (Å²) < 4.78 is 4.75. The maximum absolute atomic E-state index is 10.3. The van der Waals surface area contributed by atoms with Crippen molar-refractivity contribution in [2.45, 2.75) is 24.3 Å². The maximum Gasteiger partial charge on any atom is 0.318 e. The Labute approximate surface area is 84.3 Å². The van der Waals surface area contributed by atoms with Crippen LogP contribution in [0.3, 0.4) is 0 Å². The van der Waals surface area contributed by atoms with Crippen LogP contribution in [0.4, 0.5) is 0 Å². The highest BCUT2D eigenvalue weighted by Crippen LogP contribution is 2.23. The van der Waals surface area contributed by atoms with Crippen LogP contribution < -0.4 is 0 Å². The summed E-state index contributed by atoms with van der Waals surface area (Å²) in [5.41, 5.74) is 0. The lowest BCUT2D eigenvalue weighted by molar-refractivity contribution is -0.137. The van der Waals surface area contributed by atoms with Crippen molar-refractivity contribution in [1.29, 1.82) is 0 Å². The zero-order valence-electron chi connectivity index (χ0n) is 7.09. The zero-order valence-corrected chi connectivity index (χ0v) is 8.72. The van der Waals surface area contributed by atoms with Gasteiger partial charge in [-0.25, -0.2) is 3.63 Å². The molecule has 5 nitrogen and oxygen atoms in total. The SMILES string of the molecule is CC(SOSC(C)C(=O)O)C(=O)O. The van der Waals surface area contributed by atoms with Crippen molar-refractivity contribution >= 4 is 36.0 Å². The molecule has 0 rings (SSSR count). The summed E-state index contributed by atoms with van der Waals surface area (Å²) in [5, 5.41) is 15.5. The third-order valence-electron chi connectivity index (χ3n) is 1.06. The van der Waals surface area contributed by atoms with Gasteiger partial charge in [0.1, 0.15) is 10.5 Å². The summed E-state index contributed by atoms with van der Waals surface area (Å²) in [6, 6.07) is 0. The monoisotopic (exact) mass is 226 g/mol. The van der Waals surface area contributed by atoms with E-state index in [1.165, 1.54) is 13.8 Å². The summed E-state index contributed by atoms with van der Waals surface area (Å²) in [7, 11) is 0. The Balaban J connectivity index is 3.56. The predicted molar refractivity (Wildman–Crippen MR) is 50.5 cm³/mol. The third-order valence-corrected chi connectivity index (χ3v) is 2.67. The minimum Gasteiger partial charge on any atom is -0.480 e. The number of aliphatic carboxylic acids is 2. The van der Waals surface area contributed by atoms with E-state index in [2.05, 4.69) is 0 Å². The van der Waals surface area contributed by atoms with Gasteiger partial charge in [0.25, 0.3) is 0 Å². The van der Waals surface area contributed by atoms with Gasteiger partial charge in [-0.1, -0.05) is 0 Å². The molecule has 2 unspecified atom stereocenters. The van der Waals surface area contributed by atoms with Gasteiger partial charge in [-0.05, 0) is 13.8 Å². The van der Waals surface area contributed by atoms with E-state index in [9.17, 15) is 9.59 Å². The fourth-order valence-corrected chi connectivity index (χ4v) is 1.51. The Hall–Kier alpha value is -0.400. The highest BCUT2D eigenvalue weighted by atomic mass is 32.2. The van der Waals surface area contributed by atoms with E-state index in [0.717, 1.165) is 24.1 Å². The van der Waals surface area contributed by atoms with Crippen LogP contribution in [0.25, 0.3) is 0 Å². The fraction of sp³-hybridized carbons (Fsp3) is 0.667. The number of carboxylic acids is 2. The van der Waals surface area contributed by atoms with Crippen LogP contribution in [0.2, 0.25) is 0 Å². The number of hydrogen-bond donors (Lipinski definition) is 2. The van der Waals surface area contributed by atoms with Crippen LogP contribution in [0, 0.1) is 0 Å². The Bertz CT molecular complexity index is 175. The van der Waals surface area contributed by atoms with Gasteiger partial charge in [-0.3, -0.25) is 9.59 Å². The molecule has 0 saturated heterocycles. The van der Waals surface area contributed by atoms with Crippen LogP contribution in [-0.4, -0.2) is 32.7 Å². The van der Waals surface area contributed by atoms with Gasteiger partial charge in [0.05, 0.1) is 0 Å². The van der Waals surface area contributed by atoms with Crippen molar-refractivity contribution < 1.29 is 23.4 Å². The molecule has 0 amide bonds. The highest BCUT2D eigenvalue weighted by Gasteiger charge is 2.16. The molecular weight excluding hydrogens is 216 g/mol. The van der Waals surface area contributed by atoms with Gasteiger partial charge in [0, 0.05) is 24.1 Å². The summed E-state index contributed by atoms with van der Waals surface area (Å²) in [6.45, 7) is 2.91. The zero-order chi connectivity index (χ0) is 10.4. The van der Waals surface area contributed by atoms with E-state index in [0.29, 0.717) is 0 Å². The van der Waals surface area contributed by atoms with Gasteiger partial charge < -0.3 is 10.2 Å². The van der Waals surface area contributed by atoms with Crippen LogP contribution in [0.5, 0.6) is 0 Å². The molecule has 0 spiro atoms. The summed E-state index contributed by atoms with van der Waals surface area (Å²) in [6.07, 6.45) is 0.